The molecule has 0 bridgehead atoms. The maximum Gasteiger partial charge on any atom is 0.160 e. The molecule has 0 aliphatic heterocycles. The van der Waals surface area contributed by atoms with Crippen molar-refractivity contribution in [2.75, 3.05) is 0 Å². The predicted molar refractivity (Wildman–Crippen MR) is 197 cm³/mol. The van der Waals surface area contributed by atoms with Crippen LogP contribution in [0, 0.1) is 0 Å². The number of nitrogens with zero attached hydrogens (tertiary/aromatic N) is 3. The Morgan fingerprint density at radius 3 is 1.81 bits per heavy atom. The molecule has 0 saturated heterocycles. The van der Waals surface area contributed by atoms with E-state index in [2.05, 4.69) is 132 Å². The van der Waals surface area contributed by atoms with Gasteiger partial charge >= 0.3 is 0 Å². The first kappa shape index (κ1) is 27.3. The molecule has 0 spiro atoms. The highest BCUT2D eigenvalue weighted by Gasteiger charge is 2.15. The molecule has 0 saturated carbocycles. The molecule has 9 rings (SSSR count). The fraction of sp³-hybridized carbons (Fsp3) is 0. The van der Waals surface area contributed by atoms with Crippen LogP contribution in [0.3, 0.4) is 0 Å². The molecule has 0 amide bonds. The summed E-state index contributed by atoms with van der Waals surface area (Å²) >= 11 is 1.74. The van der Waals surface area contributed by atoms with Gasteiger partial charge in [0.05, 0.1) is 11.4 Å². The Morgan fingerprint density at radius 1 is 0.383 bits per heavy atom. The number of fused-ring (bicyclic) bond motifs is 4. The molecule has 0 fully saturated rings. The van der Waals surface area contributed by atoms with Crippen molar-refractivity contribution in [2.24, 2.45) is 0 Å². The van der Waals surface area contributed by atoms with Crippen molar-refractivity contribution in [1.29, 1.82) is 0 Å². The van der Waals surface area contributed by atoms with Gasteiger partial charge in [-0.25, -0.2) is 15.0 Å². The third kappa shape index (κ3) is 5.15. The van der Waals surface area contributed by atoms with Crippen molar-refractivity contribution in [2.45, 2.75) is 0 Å². The number of hydrogen-bond donors (Lipinski definition) is 0. The number of hydrogen-bond acceptors (Lipinski definition) is 4. The number of benzene rings is 6. The van der Waals surface area contributed by atoms with E-state index in [1.165, 1.54) is 31.8 Å². The first-order chi connectivity index (χ1) is 23.2. The number of pyridine rings is 1. The molecule has 0 aliphatic carbocycles. The fourth-order valence-electron chi connectivity index (χ4n) is 6.34. The summed E-state index contributed by atoms with van der Waals surface area (Å²) in [6, 6.07) is 55.7. The Morgan fingerprint density at radius 2 is 1.02 bits per heavy atom. The van der Waals surface area contributed by atoms with Gasteiger partial charge in [0, 0.05) is 38.4 Å². The molecular weight excluding hydrogens is 591 g/mol. The van der Waals surface area contributed by atoms with Gasteiger partial charge in [0.25, 0.3) is 0 Å². The van der Waals surface area contributed by atoms with E-state index in [1.807, 2.05) is 36.5 Å². The highest BCUT2D eigenvalue weighted by atomic mass is 32.1. The van der Waals surface area contributed by atoms with Gasteiger partial charge in [-0.05, 0) is 87.6 Å². The summed E-state index contributed by atoms with van der Waals surface area (Å²) in [5.41, 5.74) is 9.46. The van der Waals surface area contributed by atoms with Crippen LogP contribution in [0.1, 0.15) is 0 Å². The monoisotopic (exact) mass is 617 g/mol. The van der Waals surface area contributed by atoms with Crippen LogP contribution in [0.15, 0.2) is 164 Å². The van der Waals surface area contributed by atoms with Crippen molar-refractivity contribution < 1.29 is 0 Å². The highest BCUT2D eigenvalue weighted by molar-refractivity contribution is 7.25. The minimum atomic E-state index is 0.707. The predicted octanol–water partition coefficient (Wildman–Crippen LogP) is 11.7. The first-order valence-corrected chi connectivity index (χ1v) is 16.5. The zero-order valence-electron chi connectivity index (χ0n) is 25.3. The van der Waals surface area contributed by atoms with Gasteiger partial charge in [-0.2, -0.15) is 0 Å². The molecule has 6 aromatic carbocycles. The fourth-order valence-corrected chi connectivity index (χ4v) is 7.36. The second kappa shape index (κ2) is 11.4. The van der Waals surface area contributed by atoms with E-state index in [1.54, 1.807) is 11.3 Å². The smallest absolute Gasteiger partial charge is 0.160 e. The summed E-state index contributed by atoms with van der Waals surface area (Å²) in [7, 11) is 0. The molecule has 9 aromatic rings. The standard InChI is InChI=1S/C43H27N3S/c1-3-11-29(12-4-1)39-27-40(46-42(45-39)30-13-5-2-6-14-30)36-24-34(32-18-17-28-10-7-8-15-31(28)22-32)23-35(25-36)33-19-20-41-38(26-33)37-16-9-21-44-43(37)47-41/h1-27H. The molecule has 3 aromatic heterocycles. The molecule has 0 unspecified atom stereocenters. The van der Waals surface area contributed by atoms with Crippen LogP contribution in [-0.2, 0) is 0 Å². The lowest BCUT2D eigenvalue weighted by Gasteiger charge is -2.14. The lowest BCUT2D eigenvalue weighted by molar-refractivity contribution is 1.18. The van der Waals surface area contributed by atoms with Crippen LogP contribution in [0.5, 0.6) is 0 Å². The molecule has 0 radical (unpaired) electrons. The SMILES string of the molecule is c1ccc(-c2cc(-c3cc(-c4ccc5ccccc5c4)cc(-c4ccc5sc6ncccc6c5c4)c3)nc(-c3ccccc3)n2)cc1. The molecule has 3 heterocycles. The van der Waals surface area contributed by atoms with Gasteiger partial charge < -0.3 is 0 Å². The normalized spacial score (nSPS) is 11.4. The average molecular weight is 618 g/mol. The van der Waals surface area contributed by atoms with Crippen LogP contribution in [0.4, 0.5) is 0 Å². The van der Waals surface area contributed by atoms with Gasteiger partial charge in [-0.1, -0.05) is 103 Å². The third-order valence-corrected chi connectivity index (χ3v) is 9.81. The molecule has 4 heteroatoms. The molecule has 0 N–H and O–H groups in total. The van der Waals surface area contributed by atoms with Gasteiger partial charge in [0.15, 0.2) is 5.82 Å². The van der Waals surface area contributed by atoms with Gasteiger partial charge in [0.1, 0.15) is 4.83 Å². The van der Waals surface area contributed by atoms with E-state index in [9.17, 15) is 0 Å². The van der Waals surface area contributed by atoms with Crippen molar-refractivity contribution in [1.82, 2.24) is 15.0 Å². The van der Waals surface area contributed by atoms with Crippen LogP contribution in [0.2, 0.25) is 0 Å². The number of aromatic nitrogens is 3. The van der Waals surface area contributed by atoms with Gasteiger partial charge in [-0.15, -0.1) is 11.3 Å². The van der Waals surface area contributed by atoms with Crippen LogP contribution in [-0.4, -0.2) is 15.0 Å². The third-order valence-electron chi connectivity index (χ3n) is 8.72. The van der Waals surface area contributed by atoms with E-state index in [-0.39, 0.29) is 0 Å². The quantitative estimate of drug-likeness (QED) is 0.193. The van der Waals surface area contributed by atoms with Crippen LogP contribution < -0.4 is 0 Å². The van der Waals surface area contributed by atoms with E-state index in [0.717, 1.165) is 49.6 Å². The van der Waals surface area contributed by atoms with E-state index in [0.29, 0.717) is 5.82 Å². The summed E-state index contributed by atoms with van der Waals surface area (Å²) in [6.45, 7) is 0. The topological polar surface area (TPSA) is 38.7 Å². The molecule has 3 nitrogen and oxygen atoms in total. The Hall–Kier alpha value is -5.97. The van der Waals surface area contributed by atoms with Crippen molar-refractivity contribution in [3.8, 4) is 56.2 Å². The maximum absolute atomic E-state index is 5.18. The molecular formula is C43H27N3S. The Bertz CT molecular complexity index is 2510. The zero-order chi connectivity index (χ0) is 31.2. The first-order valence-electron chi connectivity index (χ1n) is 15.7. The lowest BCUT2D eigenvalue weighted by Crippen LogP contribution is -1.96. The highest BCUT2D eigenvalue weighted by Crippen LogP contribution is 2.39. The second-order valence-electron chi connectivity index (χ2n) is 11.7. The number of thiophene rings is 1. The summed E-state index contributed by atoms with van der Waals surface area (Å²) < 4.78 is 1.24. The molecule has 0 atom stereocenters. The van der Waals surface area contributed by atoms with Gasteiger partial charge in [0.2, 0.25) is 0 Å². The summed E-state index contributed by atoms with van der Waals surface area (Å²) in [5, 5.41) is 4.87. The maximum atomic E-state index is 5.18. The molecule has 0 aliphatic rings. The minimum Gasteiger partial charge on any atom is -0.245 e. The lowest BCUT2D eigenvalue weighted by atomic mass is 9.93. The second-order valence-corrected chi connectivity index (χ2v) is 12.8. The van der Waals surface area contributed by atoms with E-state index < -0.39 is 0 Å². The van der Waals surface area contributed by atoms with Crippen LogP contribution >= 0.6 is 11.3 Å². The van der Waals surface area contributed by atoms with Gasteiger partial charge in [-0.3, -0.25) is 0 Å². The minimum absolute atomic E-state index is 0.707. The summed E-state index contributed by atoms with van der Waals surface area (Å²) in [4.78, 5) is 15.9. The van der Waals surface area contributed by atoms with Crippen molar-refractivity contribution in [3.63, 3.8) is 0 Å². The Balaban J connectivity index is 1.28. The largest absolute Gasteiger partial charge is 0.245 e. The average Bonchev–Trinajstić information content (AvgIpc) is 3.53. The molecule has 47 heavy (non-hydrogen) atoms. The molecule has 220 valence electrons. The Kier molecular flexibility index (Phi) is 6.65. The van der Waals surface area contributed by atoms with E-state index in [4.69, 9.17) is 9.97 Å². The summed E-state index contributed by atoms with van der Waals surface area (Å²) in [5.74, 6) is 0.707. The van der Waals surface area contributed by atoms with E-state index >= 15 is 0 Å². The van der Waals surface area contributed by atoms with Crippen molar-refractivity contribution in [3.05, 3.63) is 164 Å². The van der Waals surface area contributed by atoms with Crippen LogP contribution in [0.25, 0.3) is 87.2 Å². The zero-order valence-corrected chi connectivity index (χ0v) is 26.2. The number of rotatable bonds is 5. The summed E-state index contributed by atoms with van der Waals surface area (Å²) in [6.07, 6.45) is 1.87. The van der Waals surface area contributed by atoms with Crippen molar-refractivity contribution >= 4 is 42.4 Å². The Labute approximate surface area is 276 Å².